The zero-order valence-corrected chi connectivity index (χ0v) is 12.2. The molecule has 1 aromatic carbocycles. The number of carbonyl (C=O) groups is 1. The first-order chi connectivity index (χ1) is 9.65. The number of benzene rings is 1. The second kappa shape index (κ2) is 5.34. The SMILES string of the molecule is Cc1nc(-c2ccccc2)sc1C(=O)N1CC[C@@H](N)C1. The number of nitrogens with two attached hydrogens (primary N) is 1. The van der Waals surface area contributed by atoms with E-state index in [0.717, 1.165) is 34.1 Å². The Kier molecular flexibility index (Phi) is 3.54. The molecule has 1 aromatic heterocycles. The van der Waals surface area contributed by atoms with Crippen LogP contribution in [0, 0.1) is 6.92 Å². The quantitative estimate of drug-likeness (QED) is 0.922. The van der Waals surface area contributed by atoms with Gasteiger partial charge in [-0.1, -0.05) is 30.3 Å². The van der Waals surface area contributed by atoms with Crippen molar-refractivity contribution >= 4 is 17.2 Å². The Morgan fingerprint density at radius 1 is 1.40 bits per heavy atom. The van der Waals surface area contributed by atoms with E-state index in [4.69, 9.17) is 5.73 Å². The van der Waals surface area contributed by atoms with Crippen molar-refractivity contribution in [1.82, 2.24) is 9.88 Å². The Hall–Kier alpha value is -1.72. The van der Waals surface area contributed by atoms with Gasteiger partial charge in [-0.2, -0.15) is 0 Å². The molecule has 1 saturated heterocycles. The average Bonchev–Trinajstić information content (AvgIpc) is 3.05. The average molecular weight is 287 g/mol. The smallest absolute Gasteiger partial charge is 0.265 e. The third-order valence-electron chi connectivity index (χ3n) is 3.52. The van der Waals surface area contributed by atoms with Crippen LogP contribution in [-0.2, 0) is 0 Å². The second-order valence-electron chi connectivity index (χ2n) is 5.10. The van der Waals surface area contributed by atoms with Crippen LogP contribution in [0.25, 0.3) is 10.6 Å². The van der Waals surface area contributed by atoms with Crippen LogP contribution in [0.3, 0.4) is 0 Å². The Morgan fingerprint density at radius 3 is 2.80 bits per heavy atom. The van der Waals surface area contributed by atoms with Gasteiger partial charge < -0.3 is 10.6 Å². The van der Waals surface area contributed by atoms with Gasteiger partial charge in [0, 0.05) is 24.7 Å². The fraction of sp³-hybridized carbons (Fsp3) is 0.333. The van der Waals surface area contributed by atoms with Gasteiger partial charge in [-0.15, -0.1) is 11.3 Å². The van der Waals surface area contributed by atoms with E-state index >= 15 is 0 Å². The Balaban J connectivity index is 1.88. The van der Waals surface area contributed by atoms with Gasteiger partial charge in [0.25, 0.3) is 5.91 Å². The molecule has 2 heterocycles. The van der Waals surface area contributed by atoms with Crippen molar-refractivity contribution in [1.29, 1.82) is 0 Å². The predicted molar refractivity (Wildman–Crippen MR) is 80.8 cm³/mol. The lowest BCUT2D eigenvalue weighted by atomic mass is 10.2. The molecule has 104 valence electrons. The first-order valence-corrected chi connectivity index (χ1v) is 7.54. The van der Waals surface area contributed by atoms with Gasteiger partial charge in [0.1, 0.15) is 9.88 Å². The number of nitrogens with zero attached hydrogens (tertiary/aromatic N) is 2. The molecule has 0 bridgehead atoms. The summed E-state index contributed by atoms with van der Waals surface area (Å²) in [7, 11) is 0. The van der Waals surface area contributed by atoms with E-state index in [-0.39, 0.29) is 11.9 Å². The molecule has 2 aromatic rings. The van der Waals surface area contributed by atoms with Crippen LogP contribution in [0.1, 0.15) is 21.8 Å². The topological polar surface area (TPSA) is 59.2 Å². The van der Waals surface area contributed by atoms with Crippen LogP contribution in [-0.4, -0.2) is 34.9 Å². The first kappa shape index (κ1) is 13.3. The molecule has 0 saturated carbocycles. The lowest BCUT2D eigenvalue weighted by Crippen LogP contribution is -2.31. The van der Waals surface area contributed by atoms with Crippen LogP contribution >= 0.6 is 11.3 Å². The lowest BCUT2D eigenvalue weighted by molar-refractivity contribution is 0.0794. The van der Waals surface area contributed by atoms with E-state index in [0.29, 0.717) is 6.54 Å². The molecule has 5 heteroatoms. The summed E-state index contributed by atoms with van der Waals surface area (Å²) in [6.07, 6.45) is 0.884. The van der Waals surface area contributed by atoms with Gasteiger partial charge in [-0.3, -0.25) is 4.79 Å². The van der Waals surface area contributed by atoms with Crippen molar-refractivity contribution < 1.29 is 4.79 Å². The summed E-state index contributed by atoms with van der Waals surface area (Å²) >= 11 is 1.47. The van der Waals surface area contributed by atoms with Gasteiger partial charge >= 0.3 is 0 Å². The molecule has 1 fully saturated rings. The number of rotatable bonds is 2. The molecule has 2 N–H and O–H groups in total. The first-order valence-electron chi connectivity index (χ1n) is 6.73. The summed E-state index contributed by atoms with van der Waals surface area (Å²) in [6.45, 7) is 3.29. The summed E-state index contributed by atoms with van der Waals surface area (Å²) in [6, 6.07) is 10.1. The van der Waals surface area contributed by atoms with Gasteiger partial charge in [0.2, 0.25) is 0 Å². The molecule has 20 heavy (non-hydrogen) atoms. The Labute approximate surface area is 122 Å². The minimum Gasteiger partial charge on any atom is -0.336 e. The van der Waals surface area contributed by atoms with Gasteiger partial charge in [-0.05, 0) is 13.3 Å². The molecule has 1 aliphatic heterocycles. The second-order valence-corrected chi connectivity index (χ2v) is 6.10. The van der Waals surface area contributed by atoms with Crippen molar-refractivity contribution in [2.75, 3.05) is 13.1 Å². The summed E-state index contributed by atoms with van der Waals surface area (Å²) < 4.78 is 0. The molecule has 0 aliphatic carbocycles. The number of carbonyl (C=O) groups excluding carboxylic acids is 1. The van der Waals surface area contributed by atoms with E-state index in [1.165, 1.54) is 11.3 Å². The van der Waals surface area contributed by atoms with E-state index in [1.54, 1.807) is 0 Å². The van der Waals surface area contributed by atoms with Gasteiger partial charge in [-0.25, -0.2) is 4.98 Å². The highest BCUT2D eigenvalue weighted by atomic mass is 32.1. The van der Waals surface area contributed by atoms with Crippen LogP contribution in [0.4, 0.5) is 0 Å². The normalized spacial score (nSPS) is 18.5. The highest BCUT2D eigenvalue weighted by molar-refractivity contribution is 7.17. The summed E-state index contributed by atoms with van der Waals surface area (Å²) in [5.74, 6) is 0.0649. The number of thiazole rings is 1. The van der Waals surface area contributed by atoms with Crippen molar-refractivity contribution in [3.63, 3.8) is 0 Å². The van der Waals surface area contributed by atoms with Crippen LogP contribution in [0.5, 0.6) is 0 Å². The predicted octanol–water partition coefficient (Wildman–Crippen LogP) is 2.29. The molecule has 0 unspecified atom stereocenters. The summed E-state index contributed by atoms with van der Waals surface area (Å²) in [4.78, 5) is 19.6. The fourth-order valence-electron chi connectivity index (χ4n) is 2.41. The standard InChI is InChI=1S/C15H17N3OS/c1-10-13(15(19)18-8-7-12(16)9-18)20-14(17-10)11-5-3-2-4-6-11/h2-6,12H,7-9,16H2,1H3/t12-/m1/s1. The molecule has 4 nitrogen and oxygen atoms in total. The van der Waals surface area contributed by atoms with Crippen LogP contribution < -0.4 is 5.73 Å². The minimum absolute atomic E-state index is 0.0649. The van der Waals surface area contributed by atoms with Crippen molar-refractivity contribution in [3.05, 3.63) is 40.9 Å². The zero-order valence-electron chi connectivity index (χ0n) is 11.4. The third kappa shape index (κ3) is 2.46. The van der Waals surface area contributed by atoms with E-state index in [9.17, 15) is 4.79 Å². The number of aryl methyl sites for hydroxylation is 1. The van der Waals surface area contributed by atoms with Crippen LogP contribution in [0.2, 0.25) is 0 Å². The highest BCUT2D eigenvalue weighted by Gasteiger charge is 2.27. The molecule has 1 atom stereocenters. The van der Waals surface area contributed by atoms with Crippen molar-refractivity contribution in [3.8, 4) is 10.6 Å². The summed E-state index contributed by atoms with van der Waals surface area (Å²) in [5, 5.41) is 0.898. The molecule has 0 radical (unpaired) electrons. The summed E-state index contributed by atoms with van der Waals surface area (Å²) in [5.41, 5.74) is 7.73. The van der Waals surface area contributed by atoms with Crippen molar-refractivity contribution in [2.45, 2.75) is 19.4 Å². The zero-order chi connectivity index (χ0) is 14.1. The largest absolute Gasteiger partial charge is 0.336 e. The monoisotopic (exact) mass is 287 g/mol. The van der Waals surface area contributed by atoms with Crippen molar-refractivity contribution in [2.24, 2.45) is 5.73 Å². The number of hydrogen-bond acceptors (Lipinski definition) is 4. The Bertz CT molecular complexity index is 623. The van der Waals surface area contributed by atoms with Crippen LogP contribution in [0.15, 0.2) is 30.3 Å². The molecule has 0 spiro atoms. The maximum Gasteiger partial charge on any atom is 0.265 e. The number of likely N-dealkylation sites (tertiary alicyclic amines) is 1. The van der Waals surface area contributed by atoms with Gasteiger partial charge in [0.15, 0.2) is 0 Å². The Morgan fingerprint density at radius 2 is 2.15 bits per heavy atom. The fourth-order valence-corrected chi connectivity index (χ4v) is 3.45. The number of amides is 1. The van der Waals surface area contributed by atoms with E-state index < -0.39 is 0 Å². The molecule has 1 aliphatic rings. The highest BCUT2D eigenvalue weighted by Crippen LogP contribution is 2.29. The maximum atomic E-state index is 12.5. The van der Waals surface area contributed by atoms with E-state index in [1.807, 2.05) is 42.2 Å². The third-order valence-corrected chi connectivity index (χ3v) is 4.72. The lowest BCUT2D eigenvalue weighted by Gasteiger charge is -2.14. The van der Waals surface area contributed by atoms with E-state index in [2.05, 4.69) is 4.98 Å². The molecule has 1 amide bonds. The molecular weight excluding hydrogens is 270 g/mol. The minimum atomic E-state index is 0.0649. The molecular formula is C15H17N3OS. The maximum absolute atomic E-state index is 12.5. The molecule has 3 rings (SSSR count). The number of aromatic nitrogens is 1. The van der Waals surface area contributed by atoms with Gasteiger partial charge in [0.05, 0.1) is 5.69 Å². The number of hydrogen-bond donors (Lipinski definition) is 1.